The topological polar surface area (TPSA) is 56.1 Å². The maximum atomic E-state index is 12.7. The predicted molar refractivity (Wildman–Crippen MR) is 95.4 cm³/mol. The van der Waals surface area contributed by atoms with E-state index in [1.54, 1.807) is 29.8 Å². The van der Waals surface area contributed by atoms with Crippen molar-refractivity contribution in [2.75, 3.05) is 14.2 Å². The molecule has 0 aliphatic heterocycles. The number of amides is 1. The summed E-state index contributed by atoms with van der Waals surface area (Å²) in [5.41, 5.74) is 2.79. The van der Waals surface area contributed by atoms with Gasteiger partial charge in [0.1, 0.15) is 11.3 Å². The van der Waals surface area contributed by atoms with Crippen molar-refractivity contribution < 1.29 is 23.0 Å². The van der Waals surface area contributed by atoms with Crippen LogP contribution in [0.2, 0.25) is 0 Å². The van der Waals surface area contributed by atoms with E-state index in [-0.39, 0.29) is 24.0 Å². The van der Waals surface area contributed by atoms with Crippen molar-refractivity contribution in [3.8, 4) is 11.5 Å². The third kappa shape index (κ3) is 4.16. The highest BCUT2D eigenvalue weighted by molar-refractivity contribution is 5.92. The second-order valence-corrected chi connectivity index (χ2v) is 6.12. The Balaban J connectivity index is 1.77. The molecule has 6 nitrogen and oxygen atoms in total. The average molecular weight is 375 g/mol. The van der Waals surface area contributed by atoms with Crippen molar-refractivity contribution >= 4 is 11.6 Å². The molecule has 142 valence electrons. The maximum Gasteiger partial charge on any atom is 0.387 e. The molecule has 0 bridgehead atoms. The highest BCUT2D eigenvalue weighted by Crippen LogP contribution is 2.29. The van der Waals surface area contributed by atoms with Gasteiger partial charge in [-0.1, -0.05) is 6.07 Å². The highest BCUT2D eigenvalue weighted by atomic mass is 19.3. The van der Waals surface area contributed by atoms with Crippen LogP contribution in [0.3, 0.4) is 0 Å². The summed E-state index contributed by atoms with van der Waals surface area (Å²) in [6.45, 7) is -0.721. The minimum Gasteiger partial charge on any atom is -0.493 e. The zero-order valence-corrected chi connectivity index (χ0v) is 15.1. The lowest BCUT2D eigenvalue weighted by molar-refractivity contribution is -0.0512. The normalized spacial score (nSPS) is 11.0. The van der Waals surface area contributed by atoms with Gasteiger partial charge in [-0.05, 0) is 42.3 Å². The number of alkyl halides is 2. The molecule has 2 heterocycles. The van der Waals surface area contributed by atoms with Gasteiger partial charge in [-0.3, -0.25) is 4.79 Å². The number of halogens is 2. The van der Waals surface area contributed by atoms with E-state index in [1.807, 2.05) is 25.3 Å². The first-order chi connectivity index (χ1) is 12.9. The summed E-state index contributed by atoms with van der Waals surface area (Å²) in [6, 6.07) is 8.39. The Bertz CT molecular complexity index is 972. The third-order valence-electron chi connectivity index (χ3n) is 4.05. The molecule has 0 N–H and O–H groups in total. The van der Waals surface area contributed by atoms with E-state index in [0.717, 1.165) is 5.56 Å². The van der Waals surface area contributed by atoms with Gasteiger partial charge in [-0.2, -0.15) is 8.78 Å². The van der Waals surface area contributed by atoms with Gasteiger partial charge in [0, 0.05) is 26.0 Å². The molecule has 3 rings (SSSR count). The molecule has 0 fully saturated rings. The van der Waals surface area contributed by atoms with Crippen molar-refractivity contribution in [1.82, 2.24) is 14.3 Å². The Kier molecular flexibility index (Phi) is 5.25. The number of aromatic nitrogens is 2. The van der Waals surface area contributed by atoms with E-state index in [4.69, 9.17) is 4.74 Å². The van der Waals surface area contributed by atoms with Gasteiger partial charge in [-0.25, -0.2) is 4.98 Å². The van der Waals surface area contributed by atoms with E-state index < -0.39 is 6.61 Å². The van der Waals surface area contributed by atoms with Crippen molar-refractivity contribution in [1.29, 1.82) is 0 Å². The van der Waals surface area contributed by atoms with Crippen LogP contribution in [-0.4, -0.2) is 41.0 Å². The smallest absolute Gasteiger partial charge is 0.387 e. The number of hydrogen-bond acceptors (Lipinski definition) is 4. The number of ether oxygens (including phenoxy) is 2. The highest BCUT2D eigenvalue weighted by Gasteiger charge is 2.17. The van der Waals surface area contributed by atoms with E-state index in [2.05, 4.69) is 9.72 Å². The standard InChI is InChI=1S/C19H19F2N3O3/c1-12-6-7-24-11-14(22-17(24)8-12)18(25)23(2)10-13-4-5-15(27-19(20)21)16(9-13)26-3/h4-9,11,19H,10H2,1-3H3. The monoisotopic (exact) mass is 375 g/mol. The second-order valence-electron chi connectivity index (χ2n) is 6.12. The molecule has 0 unspecified atom stereocenters. The van der Waals surface area contributed by atoms with Crippen LogP contribution in [0.4, 0.5) is 8.78 Å². The number of nitrogens with zero attached hydrogens (tertiary/aromatic N) is 3. The first kappa shape index (κ1) is 18.6. The van der Waals surface area contributed by atoms with Gasteiger partial charge in [0.25, 0.3) is 5.91 Å². The largest absolute Gasteiger partial charge is 0.493 e. The van der Waals surface area contributed by atoms with Crippen LogP contribution in [0.5, 0.6) is 11.5 Å². The van der Waals surface area contributed by atoms with Crippen LogP contribution < -0.4 is 9.47 Å². The SMILES string of the molecule is COc1cc(CN(C)C(=O)c2cn3ccc(C)cc3n2)ccc1OC(F)F. The van der Waals surface area contributed by atoms with Crippen LogP contribution in [0.1, 0.15) is 21.6 Å². The van der Waals surface area contributed by atoms with Crippen molar-refractivity contribution in [3.63, 3.8) is 0 Å². The number of carbonyl (C=O) groups is 1. The van der Waals surface area contributed by atoms with Crippen LogP contribution in [0, 0.1) is 6.92 Å². The van der Waals surface area contributed by atoms with Crippen LogP contribution in [0.25, 0.3) is 5.65 Å². The first-order valence-corrected chi connectivity index (χ1v) is 8.20. The summed E-state index contributed by atoms with van der Waals surface area (Å²) in [5, 5.41) is 0. The molecule has 0 aliphatic carbocycles. The van der Waals surface area contributed by atoms with Gasteiger partial charge < -0.3 is 18.8 Å². The Morgan fingerprint density at radius 2 is 2.04 bits per heavy atom. The van der Waals surface area contributed by atoms with Gasteiger partial charge in [0.05, 0.1) is 7.11 Å². The quantitative estimate of drug-likeness (QED) is 0.662. The molecule has 1 amide bonds. The summed E-state index contributed by atoms with van der Waals surface area (Å²) < 4.78 is 36.1. The predicted octanol–water partition coefficient (Wildman–Crippen LogP) is 3.52. The molecular formula is C19H19F2N3O3. The molecule has 0 aliphatic rings. The minimum atomic E-state index is -2.94. The number of methoxy groups -OCH3 is 1. The number of hydrogen-bond donors (Lipinski definition) is 0. The molecule has 3 aromatic rings. The lowest BCUT2D eigenvalue weighted by Crippen LogP contribution is -2.26. The van der Waals surface area contributed by atoms with Gasteiger partial charge in [0.2, 0.25) is 0 Å². The van der Waals surface area contributed by atoms with Crippen molar-refractivity contribution in [2.45, 2.75) is 20.1 Å². The number of carbonyl (C=O) groups excluding carboxylic acids is 1. The fourth-order valence-corrected chi connectivity index (χ4v) is 2.73. The molecule has 0 radical (unpaired) electrons. The number of aryl methyl sites for hydroxylation is 1. The summed E-state index contributed by atoms with van der Waals surface area (Å²) in [5.74, 6) is -0.124. The fourth-order valence-electron chi connectivity index (χ4n) is 2.73. The average Bonchev–Trinajstić information content (AvgIpc) is 3.04. The number of imidazole rings is 1. The van der Waals surface area contributed by atoms with Crippen LogP contribution in [0.15, 0.2) is 42.7 Å². The Hall–Kier alpha value is -3.16. The zero-order valence-electron chi connectivity index (χ0n) is 15.1. The Morgan fingerprint density at radius 1 is 1.26 bits per heavy atom. The summed E-state index contributed by atoms with van der Waals surface area (Å²) >= 11 is 0. The van der Waals surface area contributed by atoms with Gasteiger partial charge in [0.15, 0.2) is 11.5 Å². The minimum absolute atomic E-state index is 0.0547. The molecule has 0 atom stereocenters. The second kappa shape index (κ2) is 7.61. The van der Waals surface area contributed by atoms with Gasteiger partial charge in [-0.15, -0.1) is 0 Å². The van der Waals surface area contributed by atoms with Crippen molar-refractivity contribution in [3.05, 3.63) is 59.5 Å². The summed E-state index contributed by atoms with van der Waals surface area (Å²) in [6.07, 6.45) is 3.52. The molecule has 8 heteroatoms. The van der Waals surface area contributed by atoms with E-state index in [0.29, 0.717) is 16.9 Å². The Morgan fingerprint density at radius 3 is 2.74 bits per heavy atom. The number of rotatable bonds is 6. The molecule has 0 saturated heterocycles. The summed E-state index contributed by atoms with van der Waals surface area (Å²) in [4.78, 5) is 18.5. The molecule has 2 aromatic heterocycles. The van der Waals surface area contributed by atoms with Gasteiger partial charge >= 0.3 is 6.61 Å². The third-order valence-corrected chi connectivity index (χ3v) is 4.05. The Labute approximate surface area is 154 Å². The van der Waals surface area contributed by atoms with E-state index >= 15 is 0 Å². The van der Waals surface area contributed by atoms with Crippen LogP contribution in [-0.2, 0) is 6.54 Å². The first-order valence-electron chi connectivity index (χ1n) is 8.20. The van der Waals surface area contributed by atoms with E-state index in [1.165, 1.54) is 18.1 Å². The maximum absolute atomic E-state index is 12.7. The number of pyridine rings is 1. The molecule has 0 spiro atoms. The molecule has 0 saturated carbocycles. The lowest BCUT2D eigenvalue weighted by Gasteiger charge is -2.17. The van der Waals surface area contributed by atoms with Crippen molar-refractivity contribution in [2.24, 2.45) is 0 Å². The summed E-state index contributed by atoms with van der Waals surface area (Å²) in [7, 11) is 3.01. The molecular weight excluding hydrogens is 356 g/mol. The van der Waals surface area contributed by atoms with E-state index in [9.17, 15) is 13.6 Å². The number of fused-ring (bicyclic) bond motifs is 1. The fraction of sp³-hybridized carbons (Fsp3) is 0.263. The number of benzene rings is 1. The zero-order chi connectivity index (χ0) is 19.6. The molecule has 27 heavy (non-hydrogen) atoms. The molecule has 1 aromatic carbocycles. The van der Waals surface area contributed by atoms with Crippen LogP contribution >= 0.6 is 0 Å². The lowest BCUT2D eigenvalue weighted by atomic mass is 10.2.